The van der Waals surface area contributed by atoms with Gasteiger partial charge in [-0.3, -0.25) is 0 Å². The van der Waals surface area contributed by atoms with Crippen LogP contribution in [-0.2, 0) is 0 Å². The number of hydrogen-bond acceptors (Lipinski definition) is 2. The van der Waals surface area contributed by atoms with Crippen LogP contribution >= 0.6 is 0 Å². The number of fused-ring (bicyclic) bond motifs is 4. The Hall–Kier alpha value is -4.63. The third-order valence-corrected chi connectivity index (χ3v) is 6.45. The molecule has 0 aliphatic carbocycles. The molecule has 0 radical (unpaired) electrons. The number of rotatable bonds is 3. The highest BCUT2D eigenvalue weighted by atomic mass is 16.3. The summed E-state index contributed by atoms with van der Waals surface area (Å²) in [6.45, 7) is 0. The van der Waals surface area contributed by atoms with Gasteiger partial charge in [-0.15, -0.1) is 0 Å². The molecule has 0 bridgehead atoms. The van der Waals surface area contributed by atoms with Crippen LogP contribution < -0.4 is 0 Å². The van der Waals surface area contributed by atoms with Crippen molar-refractivity contribution in [1.82, 2.24) is 9.55 Å². The first-order chi connectivity index (χ1) is 16.8. The van der Waals surface area contributed by atoms with Crippen molar-refractivity contribution < 1.29 is 4.42 Å². The molecule has 0 atom stereocenters. The fourth-order valence-corrected chi connectivity index (χ4v) is 4.86. The minimum absolute atomic E-state index is 0.903. The normalized spacial score (nSPS) is 11.5. The summed E-state index contributed by atoms with van der Waals surface area (Å²) in [6, 6.07) is 40.1. The SMILES string of the molecule is c1ccc(-c2cc(-n3c4ccccc4c4cc5occc5cc43)cc(-c3ccccc3)n2)cc1. The van der Waals surface area contributed by atoms with Crippen LogP contribution in [0.5, 0.6) is 0 Å². The molecule has 3 aromatic heterocycles. The summed E-state index contributed by atoms with van der Waals surface area (Å²) in [6.07, 6.45) is 1.75. The molecular formula is C31H20N2O. The van der Waals surface area contributed by atoms with Crippen molar-refractivity contribution in [1.29, 1.82) is 0 Å². The summed E-state index contributed by atoms with van der Waals surface area (Å²) < 4.78 is 8.07. The van der Waals surface area contributed by atoms with E-state index in [4.69, 9.17) is 9.40 Å². The van der Waals surface area contributed by atoms with Crippen molar-refractivity contribution in [3.8, 4) is 28.2 Å². The van der Waals surface area contributed by atoms with E-state index in [2.05, 4.69) is 102 Å². The van der Waals surface area contributed by atoms with E-state index in [1.165, 1.54) is 10.8 Å². The zero-order valence-corrected chi connectivity index (χ0v) is 18.3. The number of hydrogen-bond donors (Lipinski definition) is 0. The first-order valence-corrected chi connectivity index (χ1v) is 11.4. The van der Waals surface area contributed by atoms with Crippen LogP contribution in [-0.4, -0.2) is 9.55 Å². The monoisotopic (exact) mass is 436 g/mol. The Morgan fingerprint density at radius 1 is 0.559 bits per heavy atom. The average molecular weight is 437 g/mol. The number of furan rings is 1. The highest BCUT2D eigenvalue weighted by Crippen LogP contribution is 2.36. The molecule has 0 unspecified atom stereocenters. The molecule has 0 spiro atoms. The first kappa shape index (κ1) is 18.9. The molecule has 0 amide bonds. The molecule has 0 aliphatic heterocycles. The van der Waals surface area contributed by atoms with E-state index in [1.807, 2.05) is 18.2 Å². The van der Waals surface area contributed by atoms with Crippen LogP contribution in [0.25, 0.3) is 61.0 Å². The second-order valence-electron chi connectivity index (χ2n) is 8.51. The van der Waals surface area contributed by atoms with E-state index in [0.29, 0.717) is 0 Å². The lowest BCUT2D eigenvalue weighted by Crippen LogP contribution is -1.98. The van der Waals surface area contributed by atoms with Crippen molar-refractivity contribution in [2.45, 2.75) is 0 Å². The minimum Gasteiger partial charge on any atom is -0.464 e. The molecule has 0 N–H and O–H groups in total. The largest absolute Gasteiger partial charge is 0.464 e. The van der Waals surface area contributed by atoms with Crippen LogP contribution in [0, 0.1) is 0 Å². The number of pyridine rings is 1. The lowest BCUT2D eigenvalue weighted by Gasteiger charge is -2.13. The highest BCUT2D eigenvalue weighted by Gasteiger charge is 2.16. The lowest BCUT2D eigenvalue weighted by molar-refractivity contribution is 0.616. The van der Waals surface area contributed by atoms with Gasteiger partial charge in [0.05, 0.1) is 34.4 Å². The molecule has 0 fully saturated rings. The molecule has 3 heteroatoms. The van der Waals surface area contributed by atoms with Gasteiger partial charge in [0.25, 0.3) is 0 Å². The smallest absolute Gasteiger partial charge is 0.134 e. The molecule has 160 valence electrons. The number of benzene rings is 4. The second-order valence-corrected chi connectivity index (χ2v) is 8.51. The first-order valence-electron chi connectivity index (χ1n) is 11.4. The van der Waals surface area contributed by atoms with Crippen molar-refractivity contribution in [3.63, 3.8) is 0 Å². The zero-order chi connectivity index (χ0) is 22.5. The molecule has 3 heterocycles. The summed E-state index contributed by atoms with van der Waals surface area (Å²) in [7, 11) is 0. The fraction of sp³-hybridized carbons (Fsp3) is 0. The van der Waals surface area contributed by atoms with Crippen molar-refractivity contribution in [2.24, 2.45) is 0 Å². The quantitative estimate of drug-likeness (QED) is 0.279. The van der Waals surface area contributed by atoms with Crippen molar-refractivity contribution in [3.05, 3.63) is 122 Å². The lowest BCUT2D eigenvalue weighted by atomic mass is 10.1. The van der Waals surface area contributed by atoms with Gasteiger partial charge in [0, 0.05) is 27.3 Å². The Morgan fingerprint density at radius 2 is 1.21 bits per heavy atom. The van der Waals surface area contributed by atoms with E-state index in [-0.39, 0.29) is 0 Å². The molecule has 3 nitrogen and oxygen atoms in total. The zero-order valence-electron chi connectivity index (χ0n) is 18.3. The molecule has 34 heavy (non-hydrogen) atoms. The van der Waals surface area contributed by atoms with E-state index >= 15 is 0 Å². The Balaban J connectivity index is 1.59. The summed E-state index contributed by atoms with van der Waals surface area (Å²) in [4.78, 5) is 5.06. The average Bonchev–Trinajstić information content (AvgIpc) is 3.50. The van der Waals surface area contributed by atoms with E-state index in [0.717, 1.165) is 50.2 Å². The molecule has 7 rings (SSSR count). The summed E-state index contributed by atoms with van der Waals surface area (Å²) in [5.74, 6) is 0. The maximum absolute atomic E-state index is 5.72. The van der Waals surface area contributed by atoms with Crippen LogP contribution in [0.15, 0.2) is 126 Å². The van der Waals surface area contributed by atoms with Crippen LogP contribution in [0.4, 0.5) is 0 Å². The maximum atomic E-state index is 5.72. The van der Waals surface area contributed by atoms with Gasteiger partial charge in [0.15, 0.2) is 0 Å². The van der Waals surface area contributed by atoms with Gasteiger partial charge in [0.2, 0.25) is 0 Å². The predicted octanol–water partition coefficient (Wildman–Crippen LogP) is 8.26. The predicted molar refractivity (Wildman–Crippen MR) is 139 cm³/mol. The molecule has 4 aromatic carbocycles. The van der Waals surface area contributed by atoms with Gasteiger partial charge in [-0.05, 0) is 36.4 Å². The van der Waals surface area contributed by atoms with Crippen molar-refractivity contribution >= 4 is 32.8 Å². The van der Waals surface area contributed by atoms with Gasteiger partial charge in [-0.25, -0.2) is 4.98 Å². The summed E-state index contributed by atoms with van der Waals surface area (Å²) in [5, 5.41) is 3.48. The Kier molecular flexibility index (Phi) is 4.15. The third-order valence-electron chi connectivity index (χ3n) is 6.45. The fourth-order valence-electron chi connectivity index (χ4n) is 4.86. The third kappa shape index (κ3) is 2.95. The Labute approximate surface area is 196 Å². The number of aromatic nitrogens is 2. The van der Waals surface area contributed by atoms with Gasteiger partial charge in [0.1, 0.15) is 5.58 Å². The Morgan fingerprint density at radius 3 is 1.91 bits per heavy atom. The van der Waals surface area contributed by atoms with E-state index in [9.17, 15) is 0 Å². The topological polar surface area (TPSA) is 31.0 Å². The van der Waals surface area contributed by atoms with E-state index < -0.39 is 0 Å². The van der Waals surface area contributed by atoms with Gasteiger partial charge < -0.3 is 8.98 Å². The molecule has 7 aromatic rings. The Bertz CT molecular complexity index is 1740. The summed E-state index contributed by atoms with van der Waals surface area (Å²) in [5.41, 5.74) is 8.40. The van der Waals surface area contributed by atoms with Crippen LogP contribution in [0.1, 0.15) is 0 Å². The van der Waals surface area contributed by atoms with Crippen LogP contribution in [0.2, 0.25) is 0 Å². The molecular weight excluding hydrogens is 416 g/mol. The molecule has 0 saturated heterocycles. The maximum Gasteiger partial charge on any atom is 0.134 e. The molecule has 0 saturated carbocycles. The highest BCUT2D eigenvalue weighted by molar-refractivity contribution is 6.13. The summed E-state index contributed by atoms with van der Waals surface area (Å²) >= 11 is 0. The van der Waals surface area contributed by atoms with Gasteiger partial charge in [-0.1, -0.05) is 78.9 Å². The minimum atomic E-state index is 0.903. The van der Waals surface area contributed by atoms with Crippen molar-refractivity contribution in [2.75, 3.05) is 0 Å². The number of nitrogens with zero attached hydrogens (tertiary/aromatic N) is 2. The van der Waals surface area contributed by atoms with Gasteiger partial charge in [-0.2, -0.15) is 0 Å². The molecule has 0 aliphatic rings. The second kappa shape index (κ2) is 7.46. The van der Waals surface area contributed by atoms with Gasteiger partial charge >= 0.3 is 0 Å². The van der Waals surface area contributed by atoms with Crippen LogP contribution in [0.3, 0.4) is 0 Å². The van der Waals surface area contributed by atoms with E-state index in [1.54, 1.807) is 6.26 Å². The number of para-hydroxylation sites is 1. The standard InChI is InChI=1S/C31H20N2O/c1-3-9-21(10-4-1)27-18-24(19-28(32-27)22-11-5-2-6-12-22)33-29-14-8-7-13-25(29)26-20-31-23(15-16-34-31)17-30(26)33/h1-20H.